The van der Waals surface area contributed by atoms with Gasteiger partial charge in [-0.25, -0.2) is 0 Å². The van der Waals surface area contributed by atoms with Gasteiger partial charge >= 0.3 is 0 Å². The van der Waals surface area contributed by atoms with Crippen molar-refractivity contribution in [3.05, 3.63) is 65.7 Å². The zero-order valence-electron chi connectivity index (χ0n) is 11.9. The smallest absolute Gasteiger partial charge is 0.245 e. The largest absolute Gasteiger partial charge is 0.496 e. The standard InChI is InChI=1S/C17H16FNO2/c1-12-17(16(18)19-21-12,13-8-4-3-5-9-13)14-10-6-7-11-15(14)20-2/h3-12H,1-2H3. The lowest BCUT2D eigenvalue weighted by molar-refractivity contribution is 0.0729. The maximum atomic E-state index is 14.8. The number of ether oxygens (including phenoxy) is 1. The highest BCUT2D eigenvalue weighted by Crippen LogP contribution is 2.46. The highest BCUT2D eigenvalue weighted by Gasteiger charge is 2.53. The third kappa shape index (κ3) is 1.90. The highest BCUT2D eigenvalue weighted by atomic mass is 19.1. The number of methoxy groups -OCH3 is 1. The molecule has 0 saturated carbocycles. The Bertz CT molecular complexity index is 672. The van der Waals surface area contributed by atoms with E-state index in [4.69, 9.17) is 9.57 Å². The molecule has 2 atom stereocenters. The van der Waals surface area contributed by atoms with E-state index in [1.54, 1.807) is 7.11 Å². The van der Waals surface area contributed by atoms with Crippen molar-refractivity contribution in [2.45, 2.75) is 18.4 Å². The van der Waals surface area contributed by atoms with Crippen LogP contribution in [0, 0.1) is 0 Å². The van der Waals surface area contributed by atoms with Crippen LogP contribution in [0.2, 0.25) is 0 Å². The molecule has 21 heavy (non-hydrogen) atoms. The third-order valence-corrected chi connectivity index (χ3v) is 3.99. The van der Waals surface area contributed by atoms with Gasteiger partial charge in [0.15, 0.2) is 0 Å². The summed E-state index contributed by atoms with van der Waals surface area (Å²) in [6.45, 7) is 1.82. The van der Waals surface area contributed by atoms with Gasteiger partial charge in [-0.15, -0.1) is 0 Å². The van der Waals surface area contributed by atoms with E-state index in [0.717, 1.165) is 5.56 Å². The van der Waals surface area contributed by atoms with E-state index in [1.165, 1.54) is 0 Å². The first-order chi connectivity index (χ1) is 10.2. The van der Waals surface area contributed by atoms with Crippen LogP contribution < -0.4 is 4.74 Å². The van der Waals surface area contributed by atoms with Crippen LogP contribution in [-0.4, -0.2) is 19.2 Å². The van der Waals surface area contributed by atoms with Crippen LogP contribution in [0.25, 0.3) is 0 Å². The van der Waals surface area contributed by atoms with Crippen molar-refractivity contribution < 1.29 is 14.0 Å². The van der Waals surface area contributed by atoms with Crippen LogP contribution in [0.3, 0.4) is 0 Å². The van der Waals surface area contributed by atoms with Gasteiger partial charge in [-0.1, -0.05) is 53.7 Å². The SMILES string of the molecule is COc1ccccc1C1(c2ccccc2)C(F)=NOC1C. The highest BCUT2D eigenvalue weighted by molar-refractivity contribution is 5.93. The lowest BCUT2D eigenvalue weighted by Crippen LogP contribution is -2.41. The lowest BCUT2D eigenvalue weighted by Gasteiger charge is -2.32. The Morgan fingerprint density at radius 3 is 2.38 bits per heavy atom. The van der Waals surface area contributed by atoms with Crippen LogP contribution >= 0.6 is 0 Å². The first kappa shape index (κ1) is 13.6. The van der Waals surface area contributed by atoms with Crippen LogP contribution in [0.4, 0.5) is 4.39 Å². The Kier molecular flexibility index (Phi) is 3.37. The van der Waals surface area contributed by atoms with Crippen molar-refractivity contribution in [1.82, 2.24) is 0 Å². The van der Waals surface area contributed by atoms with E-state index in [2.05, 4.69) is 5.16 Å². The molecule has 0 amide bonds. The molecule has 1 heterocycles. The van der Waals surface area contributed by atoms with Gasteiger partial charge in [0.25, 0.3) is 0 Å². The van der Waals surface area contributed by atoms with E-state index in [1.807, 2.05) is 61.5 Å². The second-order valence-corrected chi connectivity index (χ2v) is 5.00. The molecule has 0 fully saturated rings. The third-order valence-electron chi connectivity index (χ3n) is 3.99. The molecule has 3 nitrogen and oxygen atoms in total. The average molecular weight is 285 g/mol. The second-order valence-electron chi connectivity index (χ2n) is 5.00. The van der Waals surface area contributed by atoms with Crippen LogP contribution in [0.1, 0.15) is 18.1 Å². The molecule has 108 valence electrons. The molecule has 0 saturated heterocycles. The minimum atomic E-state index is -1.08. The molecule has 3 rings (SSSR count). The summed E-state index contributed by atoms with van der Waals surface area (Å²) in [5, 5.41) is 3.59. The number of nitrogens with zero attached hydrogens (tertiary/aromatic N) is 1. The number of oxime groups is 1. The summed E-state index contributed by atoms with van der Waals surface area (Å²) in [7, 11) is 1.58. The fraction of sp³-hybridized carbons (Fsp3) is 0.235. The molecule has 0 spiro atoms. The van der Waals surface area contributed by atoms with Crippen molar-refractivity contribution in [3.8, 4) is 5.75 Å². The van der Waals surface area contributed by atoms with Crippen LogP contribution in [0.15, 0.2) is 59.8 Å². The second kappa shape index (κ2) is 5.20. The predicted molar refractivity (Wildman–Crippen MR) is 79.3 cm³/mol. The molecule has 0 aromatic heterocycles. The van der Waals surface area contributed by atoms with Gasteiger partial charge in [-0.05, 0) is 18.6 Å². The monoisotopic (exact) mass is 285 g/mol. The van der Waals surface area contributed by atoms with Gasteiger partial charge in [0, 0.05) is 5.56 Å². The number of rotatable bonds is 3. The van der Waals surface area contributed by atoms with Gasteiger partial charge < -0.3 is 9.57 Å². The van der Waals surface area contributed by atoms with Crippen molar-refractivity contribution in [3.63, 3.8) is 0 Å². The Morgan fingerprint density at radius 1 is 1.10 bits per heavy atom. The number of halogens is 1. The molecule has 0 radical (unpaired) electrons. The molecule has 0 bridgehead atoms. The average Bonchev–Trinajstić information content (AvgIpc) is 2.84. The Morgan fingerprint density at radius 2 is 1.76 bits per heavy atom. The first-order valence-electron chi connectivity index (χ1n) is 6.80. The topological polar surface area (TPSA) is 30.8 Å². The summed E-state index contributed by atoms with van der Waals surface area (Å²) >= 11 is 0. The Balaban J connectivity index is 2.31. The number of para-hydroxylation sites is 1. The molecule has 2 unspecified atom stereocenters. The zero-order valence-corrected chi connectivity index (χ0v) is 11.9. The van der Waals surface area contributed by atoms with E-state index < -0.39 is 17.5 Å². The van der Waals surface area contributed by atoms with Gasteiger partial charge in [-0.2, -0.15) is 4.39 Å². The molecule has 0 N–H and O–H groups in total. The summed E-state index contributed by atoms with van der Waals surface area (Å²) in [5.41, 5.74) is 0.430. The fourth-order valence-corrected chi connectivity index (χ4v) is 2.95. The normalized spacial score (nSPS) is 24.3. The van der Waals surface area contributed by atoms with Crippen molar-refractivity contribution >= 4 is 5.97 Å². The van der Waals surface area contributed by atoms with Crippen LogP contribution in [0.5, 0.6) is 5.75 Å². The molecule has 4 heteroatoms. The summed E-state index contributed by atoms with van der Waals surface area (Å²) in [6.07, 6.45) is -0.462. The Labute approximate surface area is 123 Å². The van der Waals surface area contributed by atoms with E-state index in [-0.39, 0.29) is 0 Å². The maximum Gasteiger partial charge on any atom is 0.245 e. The van der Waals surface area contributed by atoms with E-state index in [0.29, 0.717) is 11.3 Å². The zero-order chi connectivity index (χ0) is 14.9. The molecular formula is C17H16FNO2. The number of benzene rings is 2. The van der Waals surface area contributed by atoms with Gasteiger partial charge in [0.05, 0.1) is 7.11 Å². The van der Waals surface area contributed by atoms with Crippen molar-refractivity contribution in [2.75, 3.05) is 7.11 Å². The lowest BCUT2D eigenvalue weighted by atomic mass is 9.71. The molecule has 2 aromatic carbocycles. The predicted octanol–water partition coefficient (Wildman–Crippen LogP) is 3.68. The molecular weight excluding hydrogens is 269 g/mol. The maximum absolute atomic E-state index is 14.8. The van der Waals surface area contributed by atoms with Crippen molar-refractivity contribution in [1.29, 1.82) is 0 Å². The number of hydrogen-bond donors (Lipinski definition) is 0. The van der Waals surface area contributed by atoms with Gasteiger partial charge in [0.2, 0.25) is 5.97 Å². The van der Waals surface area contributed by atoms with Gasteiger partial charge in [-0.3, -0.25) is 0 Å². The molecule has 0 aliphatic carbocycles. The summed E-state index contributed by atoms with van der Waals surface area (Å²) in [6, 6.07) is 16.8. The summed E-state index contributed by atoms with van der Waals surface area (Å²) in [4.78, 5) is 5.25. The minimum absolute atomic E-state index is 0.462. The molecule has 1 aliphatic rings. The number of hydrogen-bond acceptors (Lipinski definition) is 3. The molecule has 2 aromatic rings. The quantitative estimate of drug-likeness (QED) is 0.861. The molecule has 1 aliphatic heterocycles. The van der Waals surface area contributed by atoms with E-state index >= 15 is 0 Å². The van der Waals surface area contributed by atoms with Crippen LogP contribution in [-0.2, 0) is 10.3 Å². The summed E-state index contributed by atoms with van der Waals surface area (Å²) < 4.78 is 20.2. The fourth-order valence-electron chi connectivity index (χ4n) is 2.95. The van der Waals surface area contributed by atoms with Gasteiger partial charge in [0.1, 0.15) is 17.3 Å². The van der Waals surface area contributed by atoms with Crippen molar-refractivity contribution in [2.24, 2.45) is 5.16 Å². The Hall–Kier alpha value is -2.36. The summed E-state index contributed by atoms with van der Waals surface area (Å²) in [5.74, 6) is 0.0646. The minimum Gasteiger partial charge on any atom is -0.496 e. The first-order valence-corrected chi connectivity index (χ1v) is 6.80. The van der Waals surface area contributed by atoms with E-state index in [9.17, 15) is 4.39 Å².